The standard InChI is InChI=1S/C8H21NO4P2S2/c1-5-10-14(16,11-6-2)9-15(17,12-7-3)13-8-4/h5-8H2,1-4H3,(H,9,16,17). The van der Waals surface area contributed by atoms with E-state index >= 15 is 0 Å². The van der Waals surface area contributed by atoms with Crippen molar-refractivity contribution in [3.8, 4) is 0 Å². The Kier molecular flexibility index (Phi) is 9.66. The number of nitrogens with one attached hydrogen (secondary N) is 1. The molecule has 0 radical (unpaired) electrons. The van der Waals surface area contributed by atoms with Gasteiger partial charge in [-0.05, 0) is 51.3 Å². The molecule has 17 heavy (non-hydrogen) atoms. The second-order valence-corrected chi connectivity index (χ2v) is 9.47. The third kappa shape index (κ3) is 7.31. The largest absolute Gasteiger partial charge is 0.318 e. The predicted molar refractivity (Wildman–Crippen MR) is 78.2 cm³/mol. The minimum absolute atomic E-state index is 0.456. The summed E-state index contributed by atoms with van der Waals surface area (Å²) in [7, 11) is 0. The van der Waals surface area contributed by atoms with Gasteiger partial charge in [-0.25, -0.2) is 0 Å². The normalized spacial score (nSPS) is 12.9. The summed E-state index contributed by atoms with van der Waals surface area (Å²) in [4.78, 5) is 2.97. The fourth-order valence-electron chi connectivity index (χ4n) is 1.02. The van der Waals surface area contributed by atoms with Crippen LogP contribution in [0.15, 0.2) is 0 Å². The SMILES string of the molecule is CCOP(=S)(NP(=S)(OCC)OCC)OCC. The van der Waals surface area contributed by atoms with E-state index in [1.54, 1.807) is 0 Å². The van der Waals surface area contributed by atoms with Crippen molar-refractivity contribution < 1.29 is 18.1 Å². The summed E-state index contributed by atoms with van der Waals surface area (Å²) < 4.78 is 21.8. The third-order valence-corrected chi connectivity index (χ3v) is 8.53. The van der Waals surface area contributed by atoms with Crippen molar-refractivity contribution in [1.29, 1.82) is 0 Å². The van der Waals surface area contributed by atoms with Gasteiger partial charge in [0, 0.05) is 0 Å². The molecule has 0 aromatic heterocycles. The van der Waals surface area contributed by atoms with Crippen LogP contribution in [-0.2, 0) is 41.7 Å². The van der Waals surface area contributed by atoms with Crippen molar-refractivity contribution in [2.24, 2.45) is 0 Å². The van der Waals surface area contributed by atoms with Gasteiger partial charge in [0.1, 0.15) is 0 Å². The molecule has 0 unspecified atom stereocenters. The lowest BCUT2D eigenvalue weighted by atomic mass is 10.9. The molecule has 0 atom stereocenters. The molecule has 0 saturated carbocycles. The van der Waals surface area contributed by atoms with Crippen molar-refractivity contribution in [1.82, 2.24) is 4.86 Å². The molecule has 0 spiro atoms. The third-order valence-electron chi connectivity index (χ3n) is 1.44. The lowest BCUT2D eigenvalue weighted by Crippen LogP contribution is -2.15. The average Bonchev–Trinajstić information content (AvgIpc) is 2.17. The van der Waals surface area contributed by atoms with E-state index in [9.17, 15) is 0 Å². The molecular weight excluding hydrogens is 300 g/mol. The smallest absolute Gasteiger partial charge is 0.268 e. The minimum Gasteiger partial charge on any atom is -0.318 e. The van der Waals surface area contributed by atoms with Gasteiger partial charge in [-0.1, -0.05) is 0 Å². The Morgan fingerprint density at radius 1 is 0.706 bits per heavy atom. The fourth-order valence-corrected chi connectivity index (χ4v) is 8.32. The first-order valence-electron chi connectivity index (χ1n) is 5.53. The molecule has 0 fully saturated rings. The van der Waals surface area contributed by atoms with Crippen molar-refractivity contribution >= 4 is 36.9 Å². The maximum atomic E-state index is 5.45. The maximum Gasteiger partial charge on any atom is 0.268 e. The topological polar surface area (TPSA) is 49.0 Å². The highest BCUT2D eigenvalue weighted by Crippen LogP contribution is 2.58. The highest BCUT2D eigenvalue weighted by atomic mass is 32.5. The van der Waals surface area contributed by atoms with Crippen LogP contribution in [-0.4, -0.2) is 26.4 Å². The summed E-state index contributed by atoms with van der Waals surface area (Å²) in [6.45, 7) is 4.00. The number of hydrogen-bond acceptors (Lipinski definition) is 6. The zero-order valence-electron chi connectivity index (χ0n) is 10.7. The summed E-state index contributed by atoms with van der Waals surface area (Å²) in [6.07, 6.45) is 0. The first-order chi connectivity index (χ1) is 7.95. The van der Waals surface area contributed by atoms with E-state index in [-0.39, 0.29) is 0 Å². The van der Waals surface area contributed by atoms with Gasteiger partial charge in [-0.15, -0.1) is 0 Å². The van der Waals surface area contributed by atoms with Crippen LogP contribution in [0.1, 0.15) is 27.7 Å². The summed E-state index contributed by atoms with van der Waals surface area (Å²) in [5.74, 6) is 0. The molecule has 0 aromatic rings. The average molecular weight is 321 g/mol. The summed E-state index contributed by atoms with van der Waals surface area (Å²) in [6, 6.07) is 0. The molecule has 0 aliphatic rings. The summed E-state index contributed by atoms with van der Waals surface area (Å²) in [5.41, 5.74) is 0. The Bertz CT molecular complexity index is 255. The van der Waals surface area contributed by atoms with Gasteiger partial charge >= 0.3 is 0 Å². The van der Waals surface area contributed by atoms with Gasteiger partial charge in [-0.2, -0.15) is 4.86 Å². The molecule has 1 N–H and O–H groups in total. The zero-order valence-corrected chi connectivity index (χ0v) is 14.1. The molecule has 9 heteroatoms. The zero-order chi connectivity index (χ0) is 13.4. The minimum atomic E-state index is -2.62. The molecule has 0 rings (SSSR count). The van der Waals surface area contributed by atoms with Crippen LogP contribution in [0.5, 0.6) is 0 Å². The van der Waals surface area contributed by atoms with E-state index in [4.69, 9.17) is 41.7 Å². The predicted octanol–water partition coefficient (Wildman–Crippen LogP) is 3.17. The molecule has 0 aliphatic carbocycles. The molecule has 0 aromatic carbocycles. The number of hydrogen-bond donors (Lipinski definition) is 1. The van der Waals surface area contributed by atoms with Crippen LogP contribution in [0.2, 0.25) is 0 Å². The molecule has 0 bridgehead atoms. The second kappa shape index (κ2) is 9.08. The Hall–Kier alpha value is 1.10. The second-order valence-electron chi connectivity index (χ2n) is 2.77. The fraction of sp³-hybridized carbons (Fsp3) is 1.00. The molecular formula is C8H21NO4P2S2. The first kappa shape index (κ1) is 18.1. The molecule has 0 aliphatic heterocycles. The first-order valence-corrected chi connectivity index (χ1v) is 10.8. The van der Waals surface area contributed by atoms with Gasteiger partial charge < -0.3 is 18.1 Å². The van der Waals surface area contributed by atoms with Crippen molar-refractivity contribution in [2.45, 2.75) is 27.7 Å². The van der Waals surface area contributed by atoms with Gasteiger partial charge in [0.15, 0.2) is 0 Å². The van der Waals surface area contributed by atoms with Gasteiger partial charge in [-0.3, -0.25) is 0 Å². The van der Waals surface area contributed by atoms with Crippen molar-refractivity contribution in [3.05, 3.63) is 0 Å². The maximum absolute atomic E-state index is 5.45. The van der Waals surface area contributed by atoms with Crippen LogP contribution in [0, 0.1) is 0 Å². The molecule has 5 nitrogen and oxygen atoms in total. The Morgan fingerprint density at radius 2 is 0.941 bits per heavy atom. The lowest BCUT2D eigenvalue weighted by Gasteiger charge is -2.28. The Labute approximate surface area is 114 Å². The van der Waals surface area contributed by atoms with Crippen LogP contribution >= 0.6 is 13.3 Å². The van der Waals surface area contributed by atoms with Crippen LogP contribution in [0.3, 0.4) is 0 Å². The van der Waals surface area contributed by atoms with Gasteiger partial charge in [0.05, 0.1) is 26.4 Å². The monoisotopic (exact) mass is 321 g/mol. The van der Waals surface area contributed by atoms with Crippen LogP contribution in [0.4, 0.5) is 0 Å². The van der Waals surface area contributed by atoms with Crippen molar-refractivity contribution in [3.63, 3.8) is 0 Å². The highest BCUT2D eigenvalue weighted by Gasteiger charge is 2.29. The highest BCUT2D eigenvalue weighted by molar-refractivity contribution is 8.17. The molecule has 0 saturated heterocycles. The van der Waals surface area contributed by atoms with E-state index < -0.39 is 13.3 Å². The molecule has 104 valence electrons. The van der Waals surface area contributed by atoms with Gasteiger partial charge in [0.25, 0.3) is 13.3 Å². The summed E-state index contributed by atoms with van der Waals surface area (Å²) >= 11 is 10.7. The Morgan fingerprint density at radius 3 is 1.12 bits per heavy atom. The van der Waals surface area contributed by atoms with E-state index in [0.29, 0.717) is 26.4 Å². The van der Waals surface area contributed by atoms with Gasteiger partial charge in [0.2, 0.25) is 0 Å². The molecule has 0 amide bonds. The quantitative estimate of drug-likeness (QED) is 0.620. The lowest BCUT2D eigenvalue weighted by molar-refractivity contribution is 0.244. The van der Waals surface area contributed by atoms with E-state index in [2.05, 4.69) is 4.86 Å². The van der Waals surface area contributed by atoms with E-state index in [1.807, 2.05) is 27.7 Å². The van der Waals surface area contributed by atoms with E-state index in [0.717, 1.165) is 0 Å². The number of rotatable bonds is 10. The van der Waals surface area contributed by atoms with E-state index in [1.165, 1.54) is 0 Å². The molecule has 0 heterocycles. The summed E-state index contributed by atoms with van der Waals surface area (Å²) in [5, 5.41) is 0. The van der Waals surface area contributed by atoms with Crippen LogP contribution in [0.25, 0.3) is 0 Å². The Balaban J connectivity index is 4.79. The van der Waals surface area contributed by atoms with Crippen LogP contribution < -0.4 is 4.86 Å². The van der Waals surface area contributed by atoms with Crippen molar-refractivity contribution in [2.75, 3.05) is 26.4 Å².